The zero-order valence-electron chi connectivity index (χ0n) is 18.1. The van der Waals surface area contributed by atoms with Gasteiger partial charge in [-0.25, -0.2) is 0 Å². The van der Waals surface area contributed by atoms with Crippen LogP contribution in [-0.2, 0) is 0 Å². The largest absolute Gasteiger partial charge is 0.294 e. The molecule has 0 N–H and O–H groups in total. The third-order valence-corrected chi connectivity index (χ3v) is 5.12. The zero-order chi connectivity index (χ0) is 21.7. The molecule has 2 heteroatoms. The Labute approximate surface area is 178 Å². The number of Topliss-reactive ketones (excluding diaryl/α,β-unsaturated/α-hetero) is 2. The van der Waals surface area contributed by atoms with Gasteiger partial charge in [0.25, 0.3) is 0 Å². The number of benzene rings is 4. The van der Waals surface area contributed by atoms with Crippen molar-refractivity contribution in [3.05, 3.63) is 96.1 Å². The third kappa shape index (κ3) is 5.01. The van der Waals surface area contributed by atoms with E-state index in [9.17, 15) is 9.59 Å². The SMILES string of the molecule is CC(C)C(=O)c1ccc2ccccc2c1.CC(C)C(=O)c1ccc2ccccc2c1. The number of carbonyl (C=O) groups excluding carboxylic acids is 2. The molecule has 0 fully saturated rings. The maximum Gasteiger partial charge on any atom is 0.165 e. The monoisotopic (exact) mass is 396 g/mol. The van der Waals surface area contributed by atoms with Gasteiger partial charge in [0.2, 0.25) is 0 Å². The van der Waals surface area contributed by atoms with E-state index in [-0.39, 0.29) is 23.4 Å². The first-order chi connectivity index (χ1) is 14.4. The summed E-state index contributed by atoms with van der Waals surface area (Å²) in [5.74, 6) is 0.541. The fraction of sp³-hybridized carbons (Fsp3) is 0.214. The predicted molar refractivity (Wildman–Crippen MR) is 126 cm³/mol. The summed E-state index contributed by atoms with van der Waals surface area (Å²) in [5.41, 5.74) is 1.62. The van der Waals surface area contributed by atoms with E-state index in [1.165, 1.54) is 10.8 Å². The average molecular weight is 397 g/mol. The number of ketones is 2. The second kappa shape index (κ2) is 9.49. The first-order valence-corrected chi connectivity index (χ1v) is 10.4. The van der Waals surface area contributed by atoms with E-state index in [1.54, 1.807) is 0 Å². The van der Waals surface area contributed by atoms with Gasteiger partial charge >= 0.3 is 0 Å². The number of hydrogen-bond acceptors (Lipinski definition) is 2. The predicted octanol–water partition coefficient (Wildman–Crippen LogP) is 7.36. The Kier molecular flexibility index (Phi) is 6.79. The fourth-order valence-corrected chi connectivity index (χ4v) is 3.35. The van der Waals surface area contributed by atoms with Crippen molar-refractivity contribution < 1.29 is 9.59 Å². The average Bonchev–Trinajstić information content (AvgIpc) is 2.77. The molecule has 0 unspecified atom stereocenters. The molecule has 0 heterocycles. The smallest absolute Gasteiger partial charge is 0.165 e. The van der Waals surface area contributed by atoms with Gasteiger partial charge in [-0.15, -0.1) is 0 Å². The number of hydrogen-bond donors (Lipinski definition) is 0. The molecule has 0 saturated heterocycles. The molecule has 30 heavy (non-hydrogen) atoms. The highest BCUT2D eigenvalue weighted by atomic mass is 16.1. The van der Waals surface area contributed by atoms with E-state index in [0.29, 0.717) is 0 Å². The van der Waals surface area contributed by atoms with Crippen LogP contribution < -0.4 is 0 Å². The molecule has 0 aliphatic rings. The molecule has 4 rings (SSSR count). The van der Waals surface area contributed by atoms with E-state index in [2.05, 4.69) is 12.1 Å². The topological polar surface area (TPSA) is 34.1 Å². The molecule has 0 aromatic heterocycles. The lowest BCUT2D eigenvalue weighted by Gasteiger charge is -2.05. The van der Waals surface area contributed by atoms with Gasteiger partial charge < -0.3 is 0 Å². The Bertz CT molecular complexity index is 1090. The quantitative estimate of drug-likeness (QED) is 0.338. The zero-order valence-corrected chi connectivity index (χ0v) is 18.1. The summed E-state index contributed by atoms with van der Waals surface area (Å²) >= 11 is 0. The molecular formula is C28H28O2. The van der Waals surface area contributed by atoms with Crippen molar-refractivity contribution in [2.45, 2.75) is 27.7 Å². The first-order valence-electron chi connectivity index (χ1n) is 10.4. The van der Waals surface area contributed by atoms with Gasteiger partial charge in [-0.05, 0) is 33.7 Å². The van der Waals surface area contributed by atoms with Crippen LogP contribution in [0.15, 0.2) is 84.9 Å². The molecule has 152 valence electrons. The molecule has 4 aromatic carbocycles. The molecule has 0 aliphatic heterocycles. The maximum atomic E-state index is 11.8. The molecular weight excluding hydrogens is 368 g/mol. The van der Waals surface area contributed by atoms with Crippen molar-refractivity contribution in [3.63, 3.8) is 0 Å². The number of fused-ring (bicyclic) bond motifs is 2. The Morgan fingerprint density at radius 1 is 0.500 bits per heavy atom. The van der Waals surface area contributed by atoms with Crippen molar-refractivity contribution in [2.24, 2.45) is 11.8 Å². The van der Waals surface area contributed by atoms with Crippen molar-refractivity contribution in [1.82, 2.24) is 0 Å². The molecule has 4 aromatic rings. The molecule has 0 aliphatic carbocycles. The summed E-state index contributed by atoms with van der Waals surface area (Å²) in [6.07, 6.45) is 0. The second-order valence-electron chi connectivity index (χ2n) is 8.16. The van der Waals surface area contributed by atoms with Gasteiger partial charge in [0.15, 0.2) is 11.6 Å². The van der Waals surface area contributed by atoms with Crippen LogP contribution in [0.25, 0.3) is 21.5 Å². The number of rotatable bonds is 4. The van der Waals surface area contributed by atoms with Crippen LogP contribution in [0.1, 0.15) is 48.4 Å². The van der Waals surface area contributed by atoms with Crippen LogP contribution in [0.3, 0.4) is 0 Å². The Hall–Kier alpha value is -3.26. The maximum absolute atomic E-state index is 11.8. The standard InChI is InChI=1S/2C14H14O/c2*1-10(2)14(15)13-8-7-11-5-3-4-6-12(11)9-13/h2*3-10H,1-2H3. The highest BCUT2D eigenvalue weighted by Crippen LogP contribution is 2.19. The molecule has 0 bridgehead atoms. The van der Waals surface area contributed by atoms with Crippen LogP contribution in [0.5, 0.6) is 0 Å². The highest BCUT2D eigenvalue weighted by molar-refractivity contribution is 6.01. The molecule has 0 radical (unpaired) electrons. The van der Waals surface area contributed by atoms with Crippen LogP contribution in [0.2, 0.25) is 0 Å². The minimum Gasteiger partial charge on any atom is -0.294 e. The summed E-state index contributed by atoms with van der Waals surface area (Å²) in [4.78, 5) is 23.6. The normalized spacial score (nSPS) is 10.9. The highest BCUT2D eigenvalue weighted by Gasteiger charge is 2.11. The Balaban J connectivity index is 0.000000171. The van der Waals surface area contributed by atoms with Crippen LogP contribution in [0.4, 0.5) is 0 Å². The summed E-state index contributed by atoms with van der Waals surface area (Å²) in [5, 5.41) is 4.61. The van der Waals surface area contributed by atoms with Crippen LogP contribution in [-0.4, -0.2) is 11.6 Å². The summed E-state index contributed by atoms with van der Waals surface area (Å²) < 4.78 is 0. The minimum absolute atomic E-state index is 0.0613. The van der Waals surface area contributed by atoms with Gasteiger partial charge in [0.1, 0.15) is 0 Å². The van der Waals surface area contributed by atoms with E-state index in [4.69, 9.17) is 0 Å². The lowest BCUT2D eigenvalue weighted by Crippen LogP contribution is -2.06. The van der Waals surface area contributed by atoms with E-state index >= 15 is 0 Å². The third-order valence-electron chi connectivity index (χ3n) is 5.12. The molecule has 0 atom stereocenters. The summed E-state index contributed by atoms with van der Waals surface area (Å²) in [6, 6.07) is 27.9. The van der Waals surface area contributed by atoms with E-state index in [0.717, 1.165) is 21.9 Å². The lowest BCUT2D eigenvalue weighted by molar-refractivity contribution is 0.0932. The van der Waals surface area contributed by atoms with E-state index < -0.39 is 0 Å². The van der Waals surface area contributed by atoms with Crippen molar-refractivity contribution in [2.75, 3.05) is 0 Å². The Morgan fingerprint density at radius 2 is 0.833 bits per heavy atom. The first kappa shape index (κ1) is 21.4. The Morgan fingerprint density at radius 3 is 1.17 bits per heavy atom. The number of carbonyl (C=O) groups is 2. The molecule has 0 spiro atoms. The van der Waals surface area contributed by atoms with Gasteiger partial charge in [-0.1, -0.05) is 100 Å². The van der Waals surface area contributed by atoms with Gasteiger partial charge in [0.05, 0.1) is 0 Å². The molecule has 2 nitrogen and oxygen atoms in total. The van der Waals surface area contributed by atoms with Gasteiger partial charge in [-0.3, -0.25) is 9.59 Å². The summed E-state index contributed by atoms with van der Waals surface area (Å²) in [7, 11) is 0. The van der Waals surface area contributed by atoms with Gasteiger partial charge in [-0.2, -0.15) is 0 Å². The molecule has 0 saturated carbocycles. The van der Waals surface area contributed by atoms with Crippen LogP contribution in [0, 0.1) is 11.8 Å². The van der Waals surface area contributed by atoms with Crippen molar-refractivity contribution in [3.8, 4) is 0 Å². The molecule has 0 amide bonds. The van der Waals surface area contributed by atoms with Crippen molar-refractivity contribution >= 4 is 33.1 Å². The summed E-state index contributed by atoms with van der Waals surface area (Å²) in [6.45, 7) is 7.71. The van der Waals surface area contributed by atoms with Crippen LogP contribution >= 0.6 is 0 Å². The fourth-order valence-electron chi connectivity index (χ4n) is 3.35. The second-order valence-corrected chi connectivity index (χ2v) is 8.16. The van der Waals surface area contributed by atoms with E-state index in [1.807, 2.05) is 100 Å². The minimum atomic E-state index is 0.0613. The van der Waals surface area contributed by atoms with Gasteiger partial charge in [0, 0.05) is 23.0 Å². The van der Waals surface area contributed by atoms with Crippen molar-refractivity contribution in [1.29, 1.82) is 0 Å². The lowest BCUT2D eigenvalue weighted by atomic mass is 9.98.